The molecule has 0 spiro atoms. The van der Waals surface area contributed by atoms with E-state index in [2.05, 4.69) is 60.1 Å². The lowest BCUT2D eigenvalue weighted by Gasteiger charge is -2.12. The van der Waals surface area contributed by atoms with Crippen LogP contribution >= 0.6 is 0 Å². The summed E-state index contributed by atoms with van der Waals surface area (Å²) in [6, 6.07) is 22.6. The number of carbonyl (C=O) groups excluding carboxylic acids is 1. The number of para-hydroxylation sites is 2. The van der Waals surface area contributed by atoms with Crippen LogP contribution in [0.25, 0.3) is 11.0 Å². The van der Waals surface area contributed by atoms with Gasteiger partial charge in [0.15, 0.2) is 0 Å². The topological polar surface area (TPSA) is 56.1 Å². The fraction of sp³-hybridized carbons (Fsp3) is 0.333. The third-order valence-corrected chi connectivity index (χ3v) is 6.38. The molecule has 0 aliphatic rings. The van der Waals surface area contributed by atoms with E-state index in [4.69, 9.17) is 9.72 Å². The normalized spacial score (nSPS) is 11.1. The molecular weight excluding hydrogens is 434 g/mol. The third-order valence-electron chi connectivity index (χ3n) is 6.38. The van der Waals surface area contributed by atoms with Gasteiger partial charge in [-0.2, -0.15) is 0 Å². The quantitative estimate of drug-likeness (QED) is 0.286. The highest BCUT2D eigenvalue weighted by atomic mass is 16.5. The molecule has 0 bridgehead atoms. The minimum atomic E-state index is 0.0468. The largest absolute Gasteiger partial charge is 0.493 e. The summed E-state index contributed by atoms with van der Waals surface area (Å²) < 4.78 is 8.30. The van der Waals surface area contributed by atoms with Crippen LogP contribution in [-0.2, 0) is 24.2 Å². The van der Waals surface area contributed by atoms with Crippen molar-refractivity contribution >= 4 is 16.9 Å². The predicted molar refractivity (Wildman–Crippen MR) is 142 cm³/mol. The summed E-state index contributed by atoms with van der Waals surface area (Å²) in [7, 11) is 0. The van der Waals surface area contributed by atoms with E-state index in [-0.39, 0.29) is 5.91 Å². The van der Waals surface area contributed by atoms with Crippen LogP contribution in [0.5, 0.6) is 5.75 Å². The number of hydrogen-bond donors (Lipinski definition) is 1. The van der Waals surface area contributed by atoms with Gasteiger partial charge in [-0.25, -0.2) is 4.98 Å². The Bertz CT molecular complexity index is 1290. The first kappa shape index (κ1) is 24.5. The van der Waals surface area contributed by atoms with E-state index >= 15 is 0 Å². The SMILES string of the molecule is Cc1ccc(OCCCCn2c(CCNC(=O)Cc3ccccc3C)nc3ccccc32)c(C)c1. The van der Waals surface area contributed by atoms with Gasteiger partial charge in [-0.1, -0.05) is 54.1 Å². The number of ether oxygens (including phenoxy) is 1. The molecule has 0 fully saturated rings. The van der Waals surface area contributed by atoms with Crippen molar-refractivity contribution in [2.24, 2.45) is 0 Å². The molecule has 4 rings (SSSR count). The van der Waals surface area contributed by atoms with E-state index in [0.717, 1.165) is 53.1 Å². The summed E-state index contributed by atoms with van der Waals surface area (Å²) >= 11 is 0. The summed E-state index contributed by atoms with van der Waals surface area (Å²) in [6.07, 6.45) is 3.07. The lowest BCUT2D eigenvalue weighted by Crippen LogP contribution is -2.28. The van der Waals surface area contributed by atoms with Crippen molar-refractivity contribution in [2.75, 3.05) is 13.2 Å². The van der Waals surface area contributed by atoms with Crippen LogP contribution in [0.4, 0.5) is 0 Å². The van der Waals surface area contributed by atoms with Gasteiger partial charge in [0, 0.05) is 19.5 Å². The van der Waals surface area contributed by atoms with Crippen molar-refractivity contribution in [1.29, 1.82) is 0 Å². The Morgan fingerprint density at radius 3 is 2.57 bits per heavy atom. The molecule has 0 unspecified atom stereocenters. The number of imidazole rings is 1. The van der Waals surface area contributed by atoms with Crippen molar-refractivity contribution in [2.45, 2.75) is 53.0 Å². The predicted octanol–water partition coefficient (Wildman–Crippen LogP) is 5.72. The molecule has 0 saturated carbocycles. The number of carbonyl (C=O) groups is 1. The number of aromatic nitrogens is 2. The van der Waals surface area contributed by atoms with Gasteiger partial charge in [-0.05, 0) is 68.5 Å². The van der Waals surface area contributed by atoms with Crippen LogP contribution in [-0.4, -0.2) is 28.6 Å². The number of aryl methyl sites for hydroxylation is 4. The van der Waals surface area contributed by atoms with E-state index in [1.165, 1.54) is 11.1 Å². The molecule has 4 aromatic rings. The number of fused-ring (bicyclic) bond motifs is 1. The molecule has 0 aliphatic heterocycles. The molecule has 5 heteroatoms. The van der Waals surface area contributed by atoms with Gasteiger partial charge in [0.25, 0.3) is 0 Å². The second-order valence-corrected chi connectivity index (χ2v) is 9.20. The van der Waals surface area contributed by atoms with Crippen LogP contribution in [0.2, 0.25) is 0 Å². The summed E-state index contributed by atoms with van der Waals surface area (Å²) in [5.41, 5.74) is 6.79. The fourth-order valence-corrected chi connectivity index (χ4v) is 4.44. The van der Waals surface area contributed by atoms with Gasteiger partial charge in [-0.3, -0.25) is 4.79 Å². The van der Waals surface area contributed by atoms with Crippen LogP contribution in [0, 0.1) is 20.8 Å². The third kappa shape index (κ3) is 6.50. The van der Waals surface area contributed by atoms with Crippen LogP contribution < -0.4 is 10.1 Å². The minimum Gasteiger partial charge on any atom is -0.493 e. The Hall–Kier alpha value is -3.60. The number of nitrogens with one attached hydrogen (secondary N) is 1. The smallest absolute Gasteiger partial charge is 0.224 e. The number of hydrogen-bond acceptors (Lipinski definition) is 3. The van der Waals surface area contributed by atoms with Crippen molar-refractivity contribution in [3.63, 3.8) is 0 Å². The summed E-state index contributed by atoms with van der Waals surface area (Å²) in [6.45, 7) is 8.37. The number of amides is 1. The lowest BCUT2D eigenvalue weighted by molar-refractivity contribution is -0.120. The van der Waals surface area contributed by atoms with Crippen molar-refractivity contribution in [1.82, 2.24) is 14.9 Å². The second kappa shape index (κ2) is 11.7. The molecule has 0 atom stereocenters. The van der Waals surface area contributed by atoms with Gasteiger partial charge in [0.2, 0.25) is 5.91 Å². The lowest BCUT2D eigenvalue weighted by atomic mass is 10.1. The summed E-state index contributed by atoms with van der Waals surface area (Å²) in [5.74, 6) is 2.02. The zero-order valence-corrected chi connectivity index (χ0v) is 21.0. The average Bonchev–Trinajstić information content (AvgIpc) is 3.19. The van der Waals surface area contributed by atoms with Crippen LogP contribution in [0.15, 0.2) is 66.7 Å². The number of rotatable bonds is 11. The summed E-state index contributed by atoms with van der Waals surface area (Å²) in [4.78, 5) is 17.3. The van der Waals surface area contributed by atoms with E-state index in [1.807, 2.05) is 37.3 Å². The Balaban J connectivity index is 1.31. The maximum Gasteiger partial charge on any atom is 0.224 e. The minimum absolute atomic E-state index is 0.0468. The molecule has 1 heterocycles. The first-order valence-corrected chi connectivity index (χ1v) is 12.5. The first-order chi connectivity index (χ1) is 17.0. The van der Waals surface area contributed by atoms with E-state index in [9.17, 15) is 4.79 Å². The van der Waals surface area contributed by atoms with Crippen LogP contribution in [0.1, 0.15) is 40.9 Å². The molecule has 0 aliphatic carbocycles. The number of unbranched alkanes of at least 4 members (excludes halogenated alkanes) is 1. The van der Waals surface area contributed by atoms with Crippen LogP contribution in [0.3, 0.4) is 0 Å². The zero-order valence-electron chi connectivity index (χ0n) is 21.0. The highest BCUT2D eigenvalue weighted by Gasteiger charge is 2.11. The van der Waals surface area contributed by atoms with Gasteiger partial charge >= 0.3 is 0 Å². The Labute approximate surface area is 208 Å². The monoisotopic (exact) mass is 469 g/mol. The first-order valence-electron chi connectivity index (χ1n) is 12.5. The fourth-order valence-electron chi connectivity index (χ4n) is 4.44. The van der Waals surface area contributed by atoms with Crippen molar-refractivity contribution < 1.29 is 9.53 Å². The second-order valence-electron chi connectivity index (χ2n) is 9.20. The molecule has 3 aromatic carbocycles. The maximum atomic E-state index is 12.5. The van der Waals surface area contributed by atoms with E-state index in [0.29, 0.717) is 26.0 Å². The van der Waals surface area contributed by atoms with Crippen molar-refractivity contribution in [3.05, 3.63) is 94.8 Å². The Kier molecular flexibility index (Phi) is 8.19. The molecule has 182 valence electrons. The van der Waals surface area contributed by atoms with Gasteiger partial charge in [-0.15, -0.1) is 0 Å². The Morgan fingerprint density at radius 1 is 0.943 bits per heavy atom. The van der Waals surface area contributed by atoms with E-state index in [1.54, 1.807) is 0 Å². The molecule has 5 nitrogen and oxygen atoms in total. The molecule has 1 aromatic heterocycles. The Morgan fingerprint density at radius 2 is 1.74 bits per heavy atom. The van der Waals surface area contributed by atoms with Gasteiger partial charge in [0.1, 0.15) is 11.6 Å². The highest BCUT2D eigenvalue weighted by molar-refractivity contribution is 5.79. The van der Waals surface area contributed by atoms with Gasteiger partial charge < -0.3 is 14.6 Å². The standard InChI is InChI=1S/C30H35N3O2/c1-22-14-15-28(24(3)20-22)35-19-9-8-18-33-27-13-7-6-12-26(27)32-29(33)16-17-31-30(34)21-25-11-5-4-10-23(25)2/h4-7,10-15,20H,8-9,16-19,21H2,1-3H3,(H,31,34). The molecule has 35 heavy (non-hydrogen) atoms. The number of benzene rings is 3. The van der Waals surface area contributed by atoms with Crippen molar-refractivity contribution in [3.8, 4) is 5.75 Å². The molecule has 0 radical (unpaired) electrons. The zero-order chi connectivity index (χ0) is 24.6. The van der Waals surface area contributed by atoms with E-state index < -0.39 is 0 Å². The maximum absolute atomic E-state index is 12.5. The molecule has 1 amide bonds. The average molecular weight is 470 g/mol. The number of nitrogens with zero attached hydrogens (tertiary/aromatic N) is 2. The molecule has 1 N–H and O–H groups in total. The summed E-state index contributed by atoms with van der Waals surface area (Å²) in [5, 5.41) is 3.07. The van der Waals surface area contributed by atoms with Gasteiger partial charge in [0.05, 0.1) is 24.1 Å². The highest BCUT2D eigenvalue weighted by Crippen LogP contribution is 2.20. The molecular formula is C30H35N3O2. The molecule has 0 saturated heterocycles.